The van der Waals surface area contributed by atoms with E-state index in [2.05, 4.69) is 15.6 Å². The van der Waals surface area contributed by atoms with Crippen molar-refractivity contribution in [2.45, 2.75) is 13.0 Å². The third-order valence-electron chi connectivity index (χ3n) is 4.13. The summed E-state index contributed by atoms with van der Waals surface area (Å²) >= 11 is 0. The van der Waals surface area contributed by atoms with Crippen molar-refractivity contribution in [3.8, 4) is 6.07 Å². The first-order valence-corrected chi connectivity index (χ1v) is 8.88. The van der Waals surface area contributed by atoms with Crippen LogP contribution in [0, 0.1) is 17.1 Å². The first-order chi connectivity index (χ1) is 13.4. The van der Waals surface area contributed by atoms with Gasteiger partial charge in [0, 0.05) is 45.4 Å². The van der Waals surface area contributed by atoms with Crippen LogP contribution in [0.25, 0.3) is 0 Å². The number of nitrogens with one attached hydrogen (secondary N) is 2. The van der Waals surface area contributed by atoms with E-state index >= 15 is 0 Å². The van der Waals surface area contributed by atoms with Crippen LogP contribution in [0.5, 0.6) is 0 Å². The lowest BCUT2D eigenvalue weighted by Gasteiger charge is -2.13. The van der Waals surface area contributed by atoms with Gasteiger partial charge >= 0.3 is 0 Å². The van der Waals surface area contributed by atoms with Crippen molar-refractivity contribution in [1.82, 2.24) is 15.5 Å². The number of hydrogen-bond donors (Lipinski definition) is 2. The summed E-state index contributed by atoms with van der Waals surface area (Å²) in [5, 5.41) is 15.1. The molecule has 0 aliphatic rings. The molecule has 0 aromatic heterocycles. The molecule has 0 bridgehead atoms. The Labute approximate surface area is 164 Å². The fourth-order valence-electron chi connectivity index (χ4n) is 2.62. The molecule has 0 spiro atoms. The number of aliphatic imine (C=N–C) groups is 1. The smallest absolute Gasteiger partial charge is 0.253 e. The minimum atomic E-state index is -0.371. The Bertz CT molecular complexity index is 902. The van der Waals surface area contributed by atoms with E-state index in [1.807, 2.05) is 24.3 Å². The molecule has 2 aromatic carbocycles. The molecule has 2 aromatic rings. The lowest BCUT2D eigenvalue weighted by molar-refractivity contribution is 0.0827. The summed E-state index contributed by atoms with van der Waals surface area (Å²) in [6.07, 6.45) is 0.702. The lowest BCUT2D eigenvalue weighted by Crippen LogP contribution is -2.38. The molecule has 0 saturated carbocycles. The second-order valence-electron chi connectivity index (χ2n) is 6.42. The zero-order valence-corrected chi connectivity index (χ0v) is 16.3. The maximum atomic E-state index is 13.9. The van der Waals surface area contributed by atoms with E-state index in [1.54, 1.807) is 32.1 Å². The van der Waals surface area contributed by atoms with Crippen molar-refractivity contribution in [3.05, 3.63) is 70.5 Å². The van der Waals surface area contributed by atoms with E-state index in [-0.39, 0.29) is 18.3 Å². The molecule has 6 nitrogen and oxygen atoms in total. The summed E-state index contributed by atoms with van der Waals surface area (Å²) in [5.41, 5.74) is 2.49. The van der Waals surface area contributed by atoms with E-state index in [0.717, 1.165) is 5.56 Å². The van der Waals surface area contributed by atoms with Gasteiger partial charge in [0.25, 0.3) is 5.91 Å². The molecule has 0 heterocycles. The Balaban J connectivity index is 1.89. The van der Waals surface area contributed by atoms with Crippen LogP contribution in [0.2, 0.25) is 0 Å². The quantitative estimate of drug-likeness (QED) is 0.594. The Morgan fingerprint density at radius 2 is 2.00 bits per heavy atom. The monoisotopic (exact) mass is 381 g/mol. The highest BCUT2D eigenvalue weighted by molar-refractivity contribution is 5.94. The van der Waals surface area contributed by atoms with Crippen molar-refractivity contribution in [2.75, 3.05) is 27.7 Å². The maximum Gasteiger partial charge on any atom is 0.253 e. The molecule has 7 heteroatoms. The second kappa shape index (κ2) is 10.1. The average molecular weight is 381 g/mol. The molecule has 0 atom stereocenters. The highest BCUT2D eigenvalue weighted by atomic mass is 19.1. The molecule has 0 saturated heterocycles. The number of carbonyl (C=O) groups is 1. The van der Waals surface area contributed by atoms with Crippen LogP contribution in [0.3, 0.4) is 0 Å². The number of hydrogen-bond acceptors (Lipinski definition) is 3. The minimum Gasteiger partial charge on any atom is -0.356 e. The third kappa shape index (κ3) is 5.81. The number of benzene rings is 2. The van der Waals surface area contributed by atoms with Crippen LogP contribution >= 0.6 is 0 Å². The van der Waals surface area contributed by atoms with Crippen LogP contribution < -0.4 is 10.6 Å². The molecule has 0 aliphatic heterocycles. The SMILES string of the molecule is CN=C(NCCc1cccc(C(=O)N(C)C)c1)NCc1cc(C#N)ccc1F. The molecular weight excluding hydrogens is 357 g/mol. The van der Waals surface area contributed by atoms with Gasteiger partial charge in [-0.3, -0.25) is 9.79 Å². The molecule has 2 rings (SSSR count). The Kier molecular flexibility index (Phi) is 7.52. The molecule has 28 heavy (non-hydrogen) atoms. The van der Waals surface area contributed by atoms with E-state index < -0.39 is 0 Å². The van der Waals surface area contributed by atoms with Crippen molar-refractivity contribution in [1.29, 1.82) is 5.26 Å². The van der Waals surface area contributed by atoms with E-state index in [4.69, 9.17) is 5.26 Å². The molecule has 0 radical (unpaired) electrons. The van der Waals surface area contributed by atoms with Crippen LogP contribution in [0.1, 0.15) is 27.0 Å². The van der Waals surface area contributed by atoms with Crippen molar-refractivity contribution >= 4 is 11.9 Å². The largest absolute Gasteiger partial charge is 0.356 e. The first kappa shape index (κ1) is 20.9. The Hall–Kier alpha value is -3.40. The summed E-state index contributed by atoms with van der Waals surface area (Å²) in [6, 6.07) is 13.8. The fraction of sp³-hybridized carbons (Fsp3) is 0.286. The maximum absolute atomic E-state index is 13.9. The van der Waals surface area contributed by atoms with Gasteiger partial charge in [0.15, 0.2) is 5.96 Å². The van der Waals surface area contributed by atoms with Crippen LogP contribution in [-0.2, 0) is 13.0 Å². The predicted molar refractivity (Wildman–Crippen MR) is 107 cm³/mol. The molecule has 1 amide bonds. The Morgan fingerprint density at radius 1 is 1.21 bits per heavy atom. The average Bonchev–Trinajstić information content (AvgIpc) is 2.71. The Morgan fingerprint density at radius 3 is 2.68 bits per heavy atom. The van der Waals surface area contributed by atoms with Crippen LogP contribution in [0.4, 0.5) is 4.39 Å². The third-order valence-corrected chi connectivity index (χ3v) is 4.13. The summed E-state index contributed by atoms with van der Waals surface area (Å²) in [5.74, 6) is 0.125. The van der Waals surface area contributed by atoms with Crippen molar-refractivity contribution < 1.29 is 9.18 Å². The topological polar surface area (TPSA) is 80.5 Å². The number of carbonyl (C=O) groups excluding carboxylic acids is 1. The summed E-state index contributed by atoms with van der Waals surface area (Å²) < 4.78 is 13.9. The minimum absolute atomic E-state index is 0.0334. The zero-order valence-electron chi connectivity index (χ0n) is 16.3. The summed E-state index contributed by atoms with van der Waals surface area (Å²) in [7, 11) is 5.08. The molecule has 146 valence electrons. The number of rotatable bonds is 6. The zero-order chi connectivity index (χ0) is 20.5. The number of halogens is 1. The van der Waals surface area contributed by atoms with Gasteiger partial charge in [-0.2, -0.15) is 5.26 Å². The highest BCUT2D eigenvalue weighted by Gasteiger charge is 2.08. The fourth-order valence-corrected chi connectivity index (χ4v) is 2.62. The highest BCUT2D eigenvalue weighted by Crippen LogP contribution is 2.10. The molecule has 0 unspecified atom stereocenters. The van der Waals surface area contributed by atoms with Gasteiger partial charge in [-0.25, -0.2) is 4.39 Å². The molecule has 0 aliphatic carbocycles. The van der Waals surface area contributed by atoms with Crippen LogP contribution in [-0.4, -0.2) is 44.5 Å². The van der Waals surface area contributed by atoms with Gasteiger partial charge in [-0.05, 0) is 42.3 Å². The predicted octanol–water partition coefficient (Wildman–Crippen LogP) is 2.31. The number of nitriles is 1. The molecule has 0 fully saturated rings. The normalized spacial score (nSPS) is 10.9. The van der Waals surface area contributed by atoms with Gasteiger partial charge in [0.2, 0.25) is 0 Å². The second-order valence-corrected chi connectivity index (χ2v) is 6.42. The molecule has 2 N–H and O–H groups in total. The van der Waals surface area contributed by atoms with Gasteiger partial charge in [-0.1, -0.05) is 12.1 Å². The standard InChI is InChI=1S/C21H24FN5O/c1-24-21(26-14-18-12-16(13-23)7-8-19(18)22)25-10-9-15-5-4-6-17(11-15)20(28)27(2)3/h4-8,11-12H,9-10,14H2,1-3H3,(H2,24,25,26). The van der Waals surface area contributed by atoms with E-state index in [9.17, 15) is 9.18 Å². The van der Waals surface area contributed by atoms with E-state index in [1.165, 1.54) is 18.2 Å². The lowest BCUT2D eigenvalue weighted by atomic mass is 10.1. The van der Waals surface area contributed by atoms with Crippen molar-refractivity contribution in [3.63, 3.8) is 0 Å². The summed E-state index contributed by atoms with van der Waals surface area (Å²) in [4.78, 5) is 17.7. The van der Waals surface area contributed by atoms with Crippen molar-refractivity contribution in [2.24, 2.45) is 4.99 Å². The number of amides is 1. The molecular formula is C21H24FN5O. The number of nitrogens with zero attached hydrogens (tertiary/aromatic N) is 3. The summed E-state index contributed by atoms with van der Waals surface area (Å²) in [6.45, 7) is 0.813. The van der Waals surface area contributed by atoms with Gasteiger partial charge < -0.3 is 15.5 Å². The van der Waals surface area contributed by atoms with Gasteiger partial charge in [-0.15, -0.1) is 0 Å². The number of guanidine groups is 1. The van der Waals surface area contributed by atoms with Gasteiger partial charge in [0.1, 0.15) is 5.82 Å². The van der Waals surface area contributed by atoms with Crippen LogP contribution in [0.15, 0.2) is 47.5 Å². The van der Waals surface area contributed by atoms with E-state index in [0.29, 0.717) is 35.6 Å². The first-order valence-electron chi connectivity index (χ1n) is 8.88. The van der Waals surface area contributed by atoms with Gasteiger partial charge in [0.05, 0.1) is 11.6 Å².